The molecule has 2 aromatic heterocycles. The number of thiazole rings is 1. The fourth-order valence-corrected chi connectivity index (χ4v) is 3.37. The van der Waals surface area contributed by atoms with Gasteiger partial charge in [-0.3, -0.25) is 4.79 Å². The number of hydrogen-bond acceptors (Lipinski definition) is 5. The summed E-state index contributed by atoms with van der Waals surface area (Å²) in [6.45, 7) is 2.41. The fraction of sp³-hybridized carbons (Fsp3) is 0.429. The highest BCUT2D eigenvalue weighted by molar-refractivity contribution is 7.09. The van der Waals surface area contributed by atoms with Crippen molar-refractivity contribution in [2.75, 3.05) is 13.7 Å². The van der Waals surface area contributed by atoms with E-state index in [1.54, 1.807) is 29.8 Å². The van der Waals surface area contributed by atoms with Crippen LogP contribution < -0.4 is 5.32 Å². The highest BCUT2D eigenvalue weighted by Crippen LogP contribution is 2.23. The number of aromatic nitrogens is 1. The second-order valence-electron chi connectivity index (χ2n) is 4.53. The lowest BCUT2D eigenvalue weighted by Crippen LogP contribution is -2.30. The molecule has 1 atom stereocenters. The molecule has 0 unspecified atom stereocenters. The number of carbonyl (C=O) groups is 1. The number of aryl methyl sites for hydroxylation is 1. The number of ether oxygens (including phenoxy) is 1. The molecule has 0 aliphatic carbocycles. The molecule has 0 radical (unpaired) electrons. The first-order valence-electron chi connectivity index (χ1n) is 6.40. The molecule has 0 aliphatic rings. The van der Waals surface area contributed by atoms with Gasteiger partial charge in [0.05, 0.1) is 12.6 Å². The third-order valence-corrected chi connectivity index (χ3v) is 4.63. The van der Waals surface area contributed by atoms with Crippen LogP contribution >= 0.6 is 22.7 Å². The molecule has 0 fully saturated rings. The van der Waals surface area contributed by atoms with Crippen molar-refractivity contribution in [1.29, 1.82) is 0 Å². The molecule has 0 spiro atoms. The molecule has 20 heavy (non-hydrogen) atoms. The van der Waals surface area contributed by atoms with E-state index in [4.69, 9.17) is 4.74 Å². The maximum Gasteiger partial charge on any atom is 0.222 e. The van der Waals surface area contributed by atoms with Crippen LogP contribution in [0.1, 0.15) is 28.7 Å². The standard InChI is InChI=1S/C14H18N2O2S2/c1-10-8-20-14(15-10)12(7-11-4-6-19-9-11)16-13(17)3-5-18-2/h4,6,8-9,12H,3,5,7H2,1-2H3,(H,16,17)/t12-/m1/s1. The van der Waals surface area contributed by atoms with E-state index in [0.717, 1.165) is 17.1 Å². The number of methoxy groups -OCH3 is 1. The summed E-state index contributed by atoms with van der Waals surface area (Å²) >= 11 is 3.26. The summed E-state index contributed by atoms with van der Waals surface area (Å²) in [5, 5.41) is 10.2. The zero-order valence-electron chi connectivity index (χ0n) is 11.6. The van der Waals surface area contributed by atoms with Gasteiger partial charge in [0.25, 0.3) is 0 Å². The van der Waals surface area contributed by atoms with Crippen molar-refractivity contribution in [2.24, 2.45) is 0 Å². The fourth-order valence-electron chi connectivity index (χ4n) is 1.84. The smallest absolute Gasteiger partial charge is 0.222 e. The van der Waals surface area contributed by atoms with E-state index >= 15 is 0 Å². The Morgan fingerprint density at radius 1 is 1.50 bits per heavy atom. The van der Waals surface area contributed by atoms with Crippen molar-refractivity contribution in [3.63, 3.8) is 0 Å². The van der Waals surface area contributed by atoms with Gasteiger partial charge in [0, 0.05) is 31.0 Å². The van der Waals surface area contributed by atoms with Crippen molar-refractivity contribution in [3.05, 3.63) is 38.5 Å². The summed E-state index contributed by atoms with van der Waals surface area (Å²) < 4.78 is 4.94. The van der Waals surface area contributed by atoms with Crippen molar-refractivity contribution in [2.45, 2.75) is 25.8 Å². The number of nitrogens with one attached hydrogen (secondary N) is 1. The number of hydrogen-bond donors (Lipinski definition) is 1. The highest BCUT2D eigenvalue weighted by atomic mass is 32.1. The van der Waals surface area contributed by atoms with Gasteiger partial charge in [-0.05, 0) is 29.3 Å². The molecule has 1 amide bonds. The number of carbonyl (C=O) groups excluding carboxylic acids is 1. The summed E-state index contributed by atoms with van der Waals surface area (Å²) in [5.74, 6) is -0.0000624. The summed E-state index contributed by atoms with van der Waals surface area (Å²) in [5.41, 5.74) is 2.21. The van der Waals surface area contributed by atoms with Crippen LogP contribution in [0.4, 0.5) is 0 Å². The Bertz CT molecular complexity index is 537. The Balaban J connectivity index is 2.05. The van der Waals surface area contributed by atoms with Gasteiger partial charge in [0.1, 0.15) is 5.01 Å². The lowest BCUT2D eigenvalue weighted by Gasteiger charge is -2.16. The second-order valence-corrected chi connectivity index (χ2v) is 6.20. The van der Waals surface area contributed by atoms with E-state index in [-0.39, 0.29) is 11.9 Å². The number of thiophene rings is 1. The van der Waals surface area contributed by atoms with Gasteiger partial charge in [-0.2, -0.15) is 11.3 Å². The summed E-state index contributed by atoms with van der Waals surface area (Å²) in [6.07, 6.45) is 1.15. The largest absolute Gasteiger partial charge is 0.384 e. The van der Waals surface area contributed by atoms with E-state index in [9.17, 15) is 4.79 Å². The van der Waals surface area contributed by atoms with E-state index in [1.807, 2.05) is 17.7 Å². The van der Waals surface area contributed by atoms with E-state index in [2.05, 4.69) is 21.7 Å². The molecule has 0 saturated carbocycles. The van der Waals surface area contributed by atoms with Crippen LogP contribution in [0, 0.1) is 6.92 Å². The zero-order chi connectivity index (χ0) is 14.4. The molecule has 0 aliphatic heterocycles. The molecule has 1 N–H and O–H groups in total. The molecule has 2 heterocycles. The molecule has 0 bridgehead atoms. The molecule has 0 aromatic carbocycles. The van der Waals surface area contributed by atoms with Gasteiger partial charge in [0.15, 0.2) is 0 Å². The average molecular weight is 310 g/mol. The van der Waals surface area contributed by atoms with Gasteiger partial charge >= 0.3 is 0 Å². The topological polar surface area (TPSA) is 51.2 Å². The number of rotatable bonds is 7. The van der Waals surface area contributed by atoms with Crippen LogP contribution in [0.2, 0.25) is 0 Å². The zero-order valence-corrected chi connectivity index (χ0v) is 13.2. The predicted octanol–water partition coefficient (Wildman–Crippen LogP) is 2.95. The lowest BCUT2D eigenvalue weighted by molar-refractivity contribution is -0.122. The molecule has 0 saturated heterocycles. The van der Waals surface area contributed by atoms with Crippen molar-refractivity contribution in [3.8, 4) is 0 Å². The van der Waals surface area contributed by atoms with E-state index < -0.39 is 0 Å². The van der Waals surface area contributed by atoms with Crippen molar-refractivity contribution in [1.82, 2.24) is 10.3 Å². The van der Waals surface area contributed by atoms with Crippen LogP contribution in [0.15, 0.2) is 22.2 Å². The van der Waals surface area contributed by atoms with Crippen LogP contribution in [0.5, 0.6) is 0 Å². The normalized spacial score (nSPS) is 12.3. The maximum atomic E-state index is 11.9. The molecule has 6 heteroatoms. The SMILES string of the molecule is COCCC(=O)N[C@H](Cc1ccsc1)c1nc(C)cs1. The Morgan fingerprint density at radius 3 is 2.95 bits per heavy atom. The Labute approximate surface area is 126 Å². The van der Waals surface area contributed by atoms with Gasteiger partial charge in [0.2, 0.25) is 5.91 Å². The maximum absolute atomic E-state index is 11.9. The molecule has 2 rings (SSSR count). The Kier molecular flexibility index (Phi) is 5.70. The minimum Gasteiger partial charge on any atom is -0.384 e. The summed E-state index contributed by atoms with van der Waals surface area (Å²) in [6, 6.07) is 2.02. The van der Waals surface area contributed by atoms with Crippen molar-refractivity contribution < 1.29 is 9.53 Å². The first-order valence-corrected chi connectivity index (χ1v) is 8.22. The minimum atomic E-state index is -0.0624. The van der Waals surface area contributed by atoms with E-state index in [1.165, 1.54) is 5.56 Å². The number of amides is 1. The first-order chi connectivity index (χ1) is 9.69. The van der Waals surface area contributed by atoms with E-state index in [0.29, 0.717) is 13.0 Å². The quantitative estimate of drug-likeness (QED) is 0.855. The summed E-state index contributed by atoms with van der Waals surface area (Å²) in [7, 11) is 1.60. The van der Waals surface area contributed by atoms with Gasteiger partial charge in [-0.1, -0.05) is 0 Å². The minimum absolute atomic E-state index is 0.0000624. The molecular formula is C14H18N2O2S2. The lowest BCUT2D eigenvalue weighted by atomic mass is 10.1. The summed E-state index contributed by atoms with van der Waals surface area (Å²) in [4.78, 5) is 16.4. The monoisotopic (exact) mass is 310 g/mol. The Hall–Kier alpha value is -1.24. The van der Waals surface area contributed by atoms with Gasteiger partial charge in [-0.25, -0.2) is 4.98 Å². The second kappa shape index (κ2) is 7.52. The van der Waals surface area contributed by atoms with Crippen LogP contribution in [-0.2, 0) is 16.0 Å². The number of nitrogens with zero attached hydrogens (tertiary/aromatic N) is 1. The third-order valence-electron chi connectivity index (χ3n) is 2.82. The van der Waals surface area contributed by atoms with Crippen LogP contribution in [0.3, 0.4) is 0 Å². The predicted molar refractivity (Wildman–Crippen MR) is 82.3 cm³/mol. The molecule has 4 nitrogen and oxygen atoms in total. The first kappa shape index (κ1) is 15.2. The highest BCUT2D eigenvalue weighted by Gasteiger charge is 2.18. The van der Waals surface area contributed by atoms with Crippen molar-refractivity contribution >= 4 is 28.6 Å². The van der Waals surface area contributed by atoms with Gasteiger partial charge in [-0.15, -0.1) is 11.3 Å². The average Bonchev–Trinajstić information content (AvgIpc) is 3.07. The van der Waals surface area contributed by atoms with Gasteiger partial charge < -0.3 is 10.1 Å². The molecule has 108 valence electrons. The third kappa shape index (κ3) is 4.40. The van der Waals surface area contributed by atoms with Crippen LogP contribution in [-0.4, -0.2) is 24.6 Å². The Morgan fingerprint density at radius 2 is 2.35 bits per heavy atom. The van der Waals surface area contributed by atoms with Crippen LogP contribution in [0.25, 0.3) is 0 Å². The molecular weight excluding hydrogens is 292 g/mol. The molecule has 2 aromatic rings.